The van der Waals surface area contributed by atoms with Crippen LogP contribution in [0, 0.1) is 6.92 Å². The van der Waals surface area contributed by atoms with Crippen molar-refractivity contribution >= 4 is 21.9 Å². The van der Waals surface area contributed by atoms with E-state index in [1.54, 1.807) is 18.2 Å². The van der Waals surface area contributed by atoms with Crippen LogP contribution in [0.1, 0.15) is 16.1 Å². The van der Waals surface area contributed by atoms with Gasteiger partial charge in [0.2, 0.25) is 0 Å². The molecule has 6 heteroatoms. The quantitative estimate of drug-likeness (QED) is 0.888. The molecule has 1 aromatic heterocycles. The van der Waals surface area contributed by atoms with Crippen molar-refractivity contribution < 1.29 is 15.0 Å². The van der Waals surface area contributed by atoms with Gasteiger partial charge in [-0.3, -0.25) is 9.36 Å². The van der Waals surface area contributed by atoms with E-state index in [9.17, 15) is 14.7 Å². The van der Waals surface area contributed by atoms with E-state index in [0.717, 1.165) is 22.3 Å². The molecule has 0 aliphatic rings. The second kappa shape index (κ2) is 4.89. The van der Waals surface area contributed by atoms with Gasteiger partial charge in [-0.05, 0) is 40.5 Å². The van der Waals surface area contributed by atoms with Gasteiger partial charge < -0.3 is 10.2 Å². The lowest BCUT2D eigenvalue weighted by Crippen LogP contribution is -2.23. The number of aromatic hydroxyl groups is 1. The third kappa shape index (κ3) is 2.53. The lowest BCUT2D eigenvalue weighted by molar-refractivity contribution is 0.0686. The molecular formula is C13H10BrNO4. The Morgan fingerprint density at radius 2 is 1.95 bits per heavy atom. The minimum atomic E-state index is -1.29. The molecule has 0 spiro atoms. The van der Waals surface area contributed by atoms with Crippen LogP contribution in [0.2, 0.25) is 0 Å². The van der Waals surface area contributed by atoms with E-state index in [1.165, 1.54) is 0 Å². The third-order valence-corrected chi connectivity index (χ3v) is 3.22. The van der Waals surface area contributed by atoms with Crippen LogP contribution in [-0.2, 0) is 0 Å². The molecule has 0 radical (unpaired) electrons. The Kier molecular flexibility index (Phi) is 3.44. The summed E-state index contributed by atoms with van der Waals surface area (Å²) in [4.78, 5) is 23.1. The standard InChI is InChI=1S/C13H10BrNO4/c1-7-2-3-10(9(14)4-7)15-11(13(18)19)5-8(16)6-12(15)17/h2-6,16H,1H3,(H,18,19). The molecule has 98 valence electrons. The van der Waals surface area contributed by atoms with Gasteiger partial charge in [0.25, 0.3) is 5.56 Å². The summed E-state index contributed by atoms with van der Waals surface area (Å²) in [6.45, 7) is 1.88. The fourth-order valence-corrected chi connectivity index (χ4v) is 2.43. The first kappa shape index (κ1) is 13.4. The Morgan fingerprint density at radius 3 is 2.53 bits per heavy atom. The Balaban J connectivity index is 2.81. The summed E-state index contributed by atoms with van der Waals surface area (Å²) in [5.41, 5.74) is 0.476. The molecule has 0 saturated carbocycles. The Labute approximate surface area is 116 Å². The van der Waals surface area contributed by atoms with Crippen LogP contribution < -0.4 is 5.56 Å². The Bertz CT molecular complexity index is 721. The predicted octanol–water partition coefficient (Wildman–Crippen LogP) is 2.31. The number of carbonyl (C=O) groups is 1. The molecule has 2 rings (SSSR count). The van der Waals surface area contributed by atoms with E-state index in [2.05, 4.69) is 15.9 Å². The summed E-state index contributed by atoms with van der Waals surface area (Å²) < 4.78 is 1.63. The number of hydrogen-bond acceptors (Lipinski definition) is 3. The average molecular weight is 324 g/mol. The van der Waals surface area contributed by atoms with Crippen LogP contribution in [0.3, 0.4) is 0 Å². The highest BCUT2D eigenvalue weighted by Crippen LogP contribution is 2.23. The SMILES string of the molecule is Cc1ccc(-n2c(C(=O)O)cc(O)cc2=O)c(Br)c1. The number of benzene rings is 1. The summed E-state index contributed by atoms with van der Waals surface area (Å²) in [6.07, 6.45) is 0. The topological polar surface area (TPSA) is 79.5 Å². The maximum atomic E-state index is 11.9. The minimum absolute atomic E-state index is 0.297. The van der Waals surface area contributed by atoms with Crippen molar-refractivity contribution in [3.05, 3.63) is 56.4 Å². The second-order valence-corrected chi connectivity index (χ2v) is 4.89. The lowest BCUT2D eigenvalue weighted by Gasteiger charge is -2.12. The largest absolute Gasteiger partial charge is 0.508 e. The number of nitrogens with zero attached hydrogens (tertiary/aromatic N) is 1. The zero-order valence-electron chi connectivity index (χ0n) is 9.92. The summed E-state index contributed by atoms with van der Waals surface area (Å²) in [7, 11) is 0. The molecule has 2 aromatic rings. The molecule has 0 aliphatic heterocycles. The van der Waals surface area contributed by atoms with Crippen LogP contribution in [0.25, 0.3) is 5.69 Å². The van der Waals surface area contributed by atoms with Crippen LogP contribution in [-0.4, -0.2) is 20.7 Å². The van der Waals surface area contributed by atoms with Crippen LogP contribution in [0.5, 0.6) is 5.75 Å². The molecule has 0 aliphatic carbocycles. The zero-order valence-corrected chi connectivity index (χ0v) is 11.5. The number of carboxylic acids is 1. The number of pyridine rings is 1. The van der Waals surface area contributed by atoms with E-state index < -0.39 is 11.5 Å². The molecule has 1 heterocycles. The molecular weight excluding hydrogens is 314 g/mol. The van der Waals surface area contributed by atoms with Crippen molar-refractivity contribution in [3.8, 4) is 11.4 Å². The van der Waals surface area contributed by atoms with Gasteiger partial charge in [-0.1, -0.05) is 6.07 Å². The fraction of sp³-hybridized carbons (Fsp3) is 0.0769. The predicted molar refractivity (Wildman–Crippen MR) is 73.1 cm³/mol. The molecule has 0 saturated heterocycles. The number of rotatable bonds is 2. The summed E-state index contributed by atoms with van der Waals surface area (Å²) in [6, 6.07) is 7.20. The van der Waals surface area contributed by atoms with Crippen LogP contribution in [0.4, 0.5) is 0 Å². The van der Waals surface area contributed by atoms with E-state index in [1.807, 2.05) is 6.92 Å². The van der Waals surface area contributed by atoms with Crippen LogP contribution in [0.15, 0.2) is 39.6 Å². The number of aryl methyl sites for hydroxylation is 1. The van der Waals surface area contributed by atoms with Gasteiger partial charge in [0.15, 0.2) is 0 Å². The average Bonchev–Trinajstić information content (AvgIpc) is 2.29. The van der Waals surface area contributed by atoms with Gasteiger partial charge in [-0.25, -0.2) is 4.79 Å². The summed E-state index contributed by atoms with van der Waals surface area (Å²) >= 11 is 3.30. The Hall–Kier alpha value is -2.08. The minimum Gasteiger partial charge on any atom is -0.508 e. The first-order chi connectivity index (χ1) is 8.90. The maximum absolute atomic E-state index is 11.9. The Morgan fingerprint density at radius 1 is 1.26 bits per heavy atom. The normalized spacial score (nSPS) is 10.4. The zero-order chi connectivity index (χ0) is 14.2. The summed E-state index contributed by atoms with van der Waals surface area (Å²) in [5, 5.41) is 18.5. The summed E-state index contributed by atoms with van der Waals surface area (Å²) in [5.74, 6) is -1.66. The van der Waals surface area contributed by atoms with Crippen LogP contribution >= 0.6 is 15.9 Å². The molecule has 2 N–H and O–H groups in total. The van der Waals surface area contributed by atoms with Crippen molar-refractivity contribution in [2.45, 2.75) is 6.92 Å². The molecule has 5 nitrogen and oxygen atoms in total. The maximum Gasteiger partial charge on any atom is 0.353 e. The number of halogens is 1. The van der Waals surface area contributed by atoms with Gasteiger partial charge in [-0.15, -0.1) is 0 Å². The van der Waals surface area contributed by atoms with Crippen molar-refractivity contribution in [2.24, 2.45) is 0 Å². The number of aromatic nitrogens is 1. The van der Waals surface area contributed by atoms with Crippen molar-refractivity contribution in [1.29, 1.82) is 0 Å². The molecule has 0 bridgehead atoms. The number of hydrogen-bond donors (Lipinski definition) is 2. The molecule has 0 amide bonds. The van der Waals surface area contributed by atoms with E-state index in [0.29, 0.717) is 10.2 Å². The number of carboxylic acid groups (broad SMARTS) is 1. The van der Waals surface area contributed by atoms with Gasteiger partial charge in [0, 0.05) is 16.6 Å². The highest BCUT2D eigenvalue weighted by atomic mass is 79.9. The van der Waals surface area contributed by atoms with E-state index in [4.69, 9.17) is 5.11 Å². The second-order valence-electron chi connectivity index (χ2n) is 4.03. The molecule has 0 fully saturated rings. The molecule has 0 unspecified atom stereocenters. The van der Waals surface area contributed by atoms with Crippen molar-refractivity contribution in [2.75, 3.05) is 0 Å². The lowest BCUT2D eigenvalue weighted by atomic mass is 10.2. The molecule has 0 atom stereocenters. The highest BCUT2D eigenvalue weighted by molar-refractivity contribution is 9.10. The molecule has 1 aromatic carbocycles. The highest BCUT2D eigenvalue weighted by Gasteiger charge is 2.16. The van der Waals surface area contributed by atoms with Gasteiger partial charge in [-0.2, -0.15) is 0 Å². The van der Waals surface area contributed by atoms with Gasteiger partial charge in [0.1, 0.15) is 11.4 Å². The van der Waals surface area contributed by atoms with E-state index in [-0.39, 0.29) is 11.4 Å². The monoisotopic (exact) mass is 323 g/mol. The fourth-order valence-electron chi connectivity index (χ4n) is 1.76. The molecule has 19 heavy (non-hydrogen) atoms. The first-order valence-corrected chi connectivity index (χ1v) is 6.15. The smallest absolute Gasteiger partial charge is 0.353 e. The van der Waals surface area contributed by atoms with Crippen molar-refractivity contribution in [3.63, 3.8) is 0 Å². The number of aromatic carboxylic acids is 1. The van der Waals surface area contributed by atoms with Crippen molar-refractivity contribution in [1.82, 2.24) is 4.57 Å². The van der Waals surface area contributed by atoms with Gasteiger partial charge in [0.05, 0.1) is 5.69 Å². The first-order valence-electron chi connectivity index (χ1n) is 5.36. The van der Waals surface area contributed by atoms with E-state index >= 15 is 0 Å². The van der Waals surface area contributed by atoms with Gasteiger partial charge >= 0.3 is 5.97 Å². The third-order valence-electron chi connectivity index (χ3n) is 2.58.